The van der Waals surface area contributed by atoms with E-state index in [1.165, 1.54) is 29.5 Å². The molecular weight excluding hydrogens is 294 g/mol. The fourth-order valence-corrected chi connectivity index (χ4v) is 3.94. The number of hydrogen-bond donors (Lipinski definition) is 0. The van der Waals surface area contributed by atoms with E-state index in [2.05, 4.69) is 62.3 Å². The highest BCUT2D eigenvalue weighted by Crippen LogP contribution is 2.45. The van der Waals surface area contributed by atoms with Crippen molar-refractivity contribution >= 4 is 11.0 Å². The van der Waals surface area contributed by atoms with Gasteiger partial charge in [0, 0.05) is 0 Å². The Labute approximate surface area is 143 Å². The molecule has 3 heteroatoms. The number of nitrogens with zero attached hydrogens (tertiary/aromatic N) is 3. The number of aromatic nitrogens is 3. The van der Waals surface area contributed by atoms with Gasteiger partial charge in [0.25, 0.3) is 0 Å². The summed E-state index contributed by atoms with van der Waals surface area (Å²) in [7, 11) is 0. The van der Waals surface area contributed by atoms with Gasteiger partial charge in [0.15, 0.2) is 0 Å². The van der Waals surface area contributed by atoms with Crippen LogP contribution < -0.4 is 0 Å². The maximum absolute atomic E-state index is 4.33. The standard InChI is InChI=1S/C21H25N3/c1-20(2)11-12-21(3,4)17-13-15(9-10-16(17)20)14-24-19-8-6-5-7-18(19)22-23-24/h5-10,13H,11-12,14H2,1-4H3. The Kier molecular flexibility index (Phi) is 3.31. The second-order valence-corrected chi connectivity index (χ2v) is 8.38. The average Bonchev–Trinajstić information content (AvgIpc) is 2.95. The summed E-state index contributed by atoms with van der Waals surface area (Å²) in [4.78, 5) is 0. The molecule has 0 N–H and O–H groups in total. The summed E-state index contributed by atoms with van der Waals surface area (Å²) >= 11 is 0. The third-order valence-electron chi connectivity index (χ3n) is 5.67. The highest BCUT2D eigenvalue weighted by atomic mass is 15.4. The first-order valence-electron chi connectivity index (χ1n) is 8.79. The zero-order valence-corrected chi connectivity index (χ0v) is 15.0. The number of fused-ring (bicyclic) bond motifs is 2. The Hall–Kier alpha value is -2.16. The third-order valence-corrected chi connectivity index (χ3v) is 5.67. The van der Waals surface area contributed by atoms with Crippen LogP contribution in [0.5, 0.6) is 0 Å². The van der Waals surface area contributed by atoms with Crippen molar-refractivity contribution in [3.05, 3.63) is 59.2 Å². The van der Waals surface area contributed by atoms with Gasteiger partial charge in [0.05, 0.1) is 12.1 Å². The SMILES string of the molecule is CC1(C)CCC(C)(C)c2cc(Cn3nnc4ccccc43)ccc21. The van der Waals surface area contributed by atoms with Crippen LogP contribution in [0.4, 0.5) is 0 Å². The van der Waals surface area contributed by atoms with Crippen LogP contribution in [-0.2, 0) is 17.4 Å². The van der Waals surface area contributed by atoms with Gasteiger partial charge >= 0.3 is 0 Å². The fraction of sp³-hybridized carbons (Fsp3) is 0.429. The van der Waals surface area contributed by atoms with Crippen LogP contribution in [-0.4, -0.2) is 15.0 Å². The maximum Gasteiger partial charge on any atom is 0.113 e. The quantitative estimate of drug-likeness (QED) is 0.677. The minimum absolute atomic E-state index is 0.241. The molecule has 3 nitrogen and oxygen atoms in total. The number of para-hydroxylation sites is 1. The predicted molar refractivity (Wildman–Crippen MR) is 98.4 cm³/mol. The monoisotopic (exact) mass is 319 g/mol. The molecule has 1 aromatic heterocycles. The van der Waals surface area contributed by atoms with Crippen molar-refractivity contribution in [3.63, 3.8) is 0 Å². The number of rotatable bonds is 2. The summed E-state index contributed by atoms with van der Waals surface area (Å²) in [5.74, 6) is 0. The second-order valence-electron chi connectivity index (χ2n) is 8.38. The van der Waals surface area contributed by atoms with Crippen molar-refractivity contribution in [2.24, 2.45) is 0 Å². The molecule has 24 heavy (non-hydrogen) atoms. The zero-order valence-electron chi connectivity index (χ0n) is 15.0. The second kappa shape index (κ2) is 5.17. The molecule has 2 aromatic carbocycles. The van der Waals surface area contributed by atoms with Crippen LogP contribution in [0.2, 0.25) is 0 Å². The number of hydrogen-bond acceptors (Lipinski definition) is 2. The van der Waals surface area contributed by atoms with Gasteiger partial charge in [-0.3, -0.25) is 0 Å². The molecule has 0 amide bonds. The van der Waals surface area contributed by atoms with Crippen molar-refractivity contribution in [2.75, 3.05) is 0 Å². The summed E-state index contributed by atoms with van der Waals surface area (Å²) in [5.41, 5.74) is 6.86. The Morgan fingerprint density at radius 2 is 1.62 bits per heavy atom. The van der Waals surface area contributed by atoms with Crippen LogP contribution in [0.3, 0.4) is 0 Å². The van der Waals surface area contributed by atoms with Crippen LogP contribution in [0.1, 0.15) is 57.2 Å². The molecule has 0 radical (unpaired) electrons. The molecule has 0 saturated heterocycles. The minimum atomic E-state index is 0.241. The fourth-order valence-electron chi connectivity index (χ4n) is 3.94. The van der Waals surface area contributed by atoms with Crippen molar-refractivity contribution in [1.29, 1.82) is 0 Å². The first kappa shape index (κ1) is 15.4. The van der Waals surface area contributed by atoms with Gasteiger partial charge in [-0.2, -0.15) is 0 Å². The molecule has 0 atom stereocenters. The summed E-state index contributed by atoms with van der Waals surface area (Å²) in [6.45, 7) is 10.2. The van der Waals surface area contributed by atoms with Gasteiger partial charge in [-0.05, 0) is 52.5 Å². The minimum Gasteiger partial charge on any atom is -0.240 e. The topological polar surface area (TPSA) is 30.7 Å². The predicted octanol–water partition coefficient (Wildman–Crippen LogP) is 4.83. The Balaban J connectivity index is 1.75. The molecule has 1 heterocycles. The van der Waals surface area contributed by atoms with Crippen LogP contribution in [0, 0.1) is 0 Å². The average molecular weight is 319 g/mol. The zero-order chi connectivity index (χ0) is 16.9. The lowest BCUT2D eigenvalue weighted by molar-refractivity contribution is 0.331. The van der Waals surface area contributed by atoms with Gasteiger partial charge in [0.1, 0.15) is 5.52 Å². The lowest BCUT2D eigenvalue weighted by atomic mass is 9.63. The Morgan fingerprint density at radius 3 is 2.42 bits per heavy atom. The lowest BCUT2D eigenvalue weighted by Crippen LogP contribution is -2.33. The van der Waals surface area contributed by atoms with E-state index < -0.39 is 0 Å². The van der Waals surface area contributed by atoms with Gasteiger partial charge in [0.2, 0.25) is 0 Å². The van der Waals surface area contributed by atoms with E-state index >= 15 is 0 Å². The molecule has 0 unspecified atom stereocenters. The third kappa shape index (κ3) is 2.43. The Morgan fingerprint density at radius 1 is 0.917 bits per heavy atom. The van der Waals surface area contributed by atoms with E-state index in [-0.39, 0.29) is 10.8 Å². The van der Waals surface area contributed by atoms with Crippen molar-refractivity contribution in [3.8, 4) is 0 Å². The summed E-state index contributed by atoms with van der Waals surface area (Å²) in [6, 6.07) is 15.1. The van der Waals surface area contributed by atoms with E-state index in [4.69, 9.17) is 0 Å². The van der Waals surface area contributed by atoms with Crippen LogP contribution in [0.25, 0.3) is 11.0 Å². The first-order valence-corrected chi connectivity index (χ1v) is 8.79. The Bertz CT molecular complexity index is 902. The molecular formula is C21H25N3. The smallest absolute Gasteiger partial charge is 0.113 e. The molecule has 4 rings (SSSR count). The van der Waals surface area contributed by atoms with Gasteiger partial charge in [-0.25, -0.2) is 4.68 Å². The molecule has 0 spiro atoms. The van der Waals surface area contributed by atoms with E-state index in [1.807, 2.05) is 22.9 Å². The van der Waals surface area contributed by atoms with Crippen LogP contribution >= 0.6 is 0 Å². The summed E-state index contributed by atoms with van der Waals surface area (Å²) in [5, 5.41) is 8.60. The molecule has 0 saturated carbocycles. The summed E-state index contributed by atoms with van der Waals surface area (Å²) < 4.78 is 2.00. The maximum atomic E-state index is 4.33. The lowest BCUT2D eigenvalue weighted by Gasteiger charge is -2.42. The van der Waals surface area contributed by atoms with Gasteiger partial charge < -0.3 is 0 Å². The first-order chi connectivity index (χ1) is 11.4. The highest BCUT2D eigenvalue weighted by Gasteiger charge is 2.36. The largest absolute Gasteiger partial charge is 0.240 e. The summed E-state index contributed by atoms with van der Waals surface area (Å²) in [6.07, 6.45) is 2.49. The van der Waals surface area contributed by atoms with Gasteiger partial charge in [-0.15, -0.1) is 5.10 Å². The van der Waals surface area contributed by atoms with E-state index in [1.54, 1.807) is 0 Å². The molecule has 0 bridgehead atoms. The number of benzene rings is 2. The molecule has 1 aliphatic carbocycles. The molecule has 0 fully saturated rings. The normalized spacial score (nSPS) is 18.5. The molecule has 3 aromatic rings. The van der Waals surface area contributed by atoms with Crippen molar-refractivity contribution < 1.29 is 0 Å². The van der Waals surface area contributed by atoms with E-state index in [0.29, 0.717) is 0 Å². The molecule has 1 aliphatic rings. The van der Waals surface area contributed by atoms with Crippen molar-refractivity contribution in [2.45, 2.75) is 57.9 Å². The van der Waals surface area contributed by atoms with E-state index in [9.17, 15) is 0 Å². The van der Waals surface area contributed by atoms with Crippen molar-refractivity contribution in [1.82, 2.24) is 15.0 Å². The van der Waals surface area contributed by atoms with E-state index in [0.717, 1.165) is 17.6 Å². The molecule has 0 aliphatic heterocycles. The highest BCUT2D eigenvalue weighted by molar-refractivity contribution is 5.73. The molecule has 124 valence electrons. The van der Waals surface area contributed by atoms with Crippen LogP contribution in [0.15, 0.2) is 42.5 Å². The van der Waals surface area contributed by atoms with Gasteiger partial charge in [-0.1, -0.05) is 63.2 Å².